The molecular weight excluding hydrogens is 246 g/mol. The zero-order valence-electron chi connectivity index (χ0n) is 11.1. The fourth-order valence-electron chi connectivity index (χ4n) is 1.79. The van der Waals surface area contributed by atoms with Gasteiger partial charge in [-0.1, -0.05) is 6.07 Å². The number of aromatic nitrogens is 3. The van der Waals surface area contributed by atoms with Crippen molar-refractivity contribution in [2.24, 2.45) is 0 Å². The summed E-state index contributed by atoms with van der Waals surface area (Å²) in [4.78, 5) is 20.3. The Morgan fingerprint density at radius 2 is 2.11 bits per heavy atom. The zero-order valence-corrected chi connectivity index (χ0v) is 11.1. The van der Waals surface area contributed by atoms with Crippen LogP contribution in [0.15, 0.2) is 29.2 Å². The molecule has 0 saturated heterocycles. The maximum Gasteiger partial charge on any atom is 0.299 e. The predicted octanol–water partition coefficient (Wildman–Crippen LogP) is 1.01. The number of nitrogens with zero attached hydrogens (tertiary/aromatic N) is 3. The number of aryl methyl sites for hydroxylation is 1. The quantitative estimate of drug-likeness (QED) is 0.821. The van der Waals surface area contributed by atoms with Gasteiger partial charge in [0.2, 0.25) is 5.88 Å². The molecule has 0 saturated carbocycles. The van der Waals surface area contributed by atoms with E-state index in [1.165, 1.54) is 17.7 Å². The fraction of sp³-hybridized carbons (Fsp3) is 0.308. The molecule has 100 valence electrons. The van der Waals surface area contributed by atoms with Crippen LogP contribution in [0.4, 0.5) is 0 Å². The highest BCUT2D eigenvalue weighted by Gasteiger charge is 2.11. The van der Waals surface area contributed by atoms with Gasteiger partial charge in [-0.05, 0) is 13.0 Å². The lowest BCUT2D eigenvalue weighted by Gasteiger charge is -2.12. The number of rotatable bonds is 4. The van der Waals surface area contributed by atoms with Gasteiger partial charge >= 0.3 is 0 Å². The second-order valence-corrected chi connectivity index (χ2v) is 3.98. The molecule has 2 heterocycles. The topological polar surface area (TPSA) is 66.2 Å². The van der Waals surface area contributed by atoms with Crippen LogP contribution in [0, 0.1) is 6.92 Å². The molecule has 2 aromatic heterocycles. The molecule has 0 fully saturated rings. The Morgan fingerprint density at radius 1 is 1.32 bits per heavy atom. The maximum absolute atomic E-state index is 12.0. The van der Waals surface area contributed by atoms with E-state index >= 15 is 0 Å². The Bertz CT molecular complexity index is 637. The van der Waals surface area contributed by atoms with Crippen LogP contribution in [-0.4, -0.2) is 28.8 Å². The highest BCUT2D eigenvalue weighted by Crippen LogP contribution is 2.16. The number of pyridine rings is 1. The van der Waals surface area contributed by atoms with Crippen LogP contribution in [0.2, 0.25) is 0 Å². The summed E-state index contributed by atoms with van der Waals surface area (Å²) in [6, 6.07) is 5.37. The Morgan fingerprint density at radius 3 is 2.79 bits per heavy atom. The van der Waals surface area contributed by atoms with Gasteiger partial charge in [-0.3, -0.25) is 9.36 Å². The Labute approximate surface area is 110 Å². The molecule has 2 aromatic rings. The summed E-state index contributed by atoms with van der Waals surface area (Å²) in [6.45, 7) is 2.05. The molecule has 0 aliphatic rings. The van der Waals surface area contributed by atoms with Gasteiger partial charge in [0.15, 0.2) is 0 Å². The minimum atomic E-state index is -0.171. The van der Waals surface area contributed by atoms with Crippen molar-refractivity contribution in [2.75, 3.05) is 14.2 Å². The van der Waals surface area contributed by atoms with E-state index < -0.39 is 0 Å². The number of ether oxygens (including phenoxy) is 2. The van der Waals surface area contributed by atoms with E-state index in [9.17, 15) is 4.79 Å². The van der Waals surface area contributed by atoms with Crippen LogP contribution in [0.5, 0.6) is 11.9 Å². The molecule has 0 N–H and O–H groups in total. The summed E-state index contributed by atoms with van der Waals surface area (Å²) in [7, 11) is 3.03. The molecule has 0 unspecified atom stereocenters. The number of hydrogen-bond acceptors (Lipinski definition) is 5. The van der Waals surface area contributed by atoms with E-state index in [-0.39, 0.29) is 11.6 Å². The van der Waals surface area contributed by atoms with Crippen molar-refractivity contribution in [2.45, 2.75) is 13.5 Å². The summed E-state index contributed by atoms with van der Waals surface area (Å²) in [5, 5.41) is 0. The molecule has 0 amide bonds. The Balaban J connectivity index is 2.46. The van der Waals surface area contributed by atoms with Gasteiger partial charge in [-0.15, -0.1) is 0 Å². The molecule has 6 nitrogen and oxygen atoms in total. The lowest BCUT2D eigenvalue weighted by Crippen LogP contribution is -2.23. The van der Waals surface area contributed by atoms with Crippen molar-refractivity contribution >= 4 is 0 Å². The average molecular weight is 261 g/mol. The number of hydrogen-bond donors (Lipinski definition) is 0. The van der Waals surface area contributed by atoms with Gasteiger partial charge in [-0.2, -0.15) is 0 Å². The maximum atomic E-state index is 12.0. The largest absolute Gasteiger partial charge is 0.481 e. The molecule has 0 radical (unpaired) electrons. The van der Waals surface area contributed by atoms with E-state index in [0.717, 1.165) is 5.56 Å². The Kier molecular flexibility index (Phi) is 3.79. The molecule has 6 heteroatoms. The summed E-state index contributed by atoms with van der Waals surface area (Å²) in [6.07, 6.45) is 1.63. The normalized spacial score (nSPS) is 10.3. The molecular formula is C13H15N3O3. The predicted molar refractivity (Wildman–Crippen MR) is 69.7 cm³/mol. The monoisotopic (exact) mass is 261 g/mol. The lowest BCUT2D eigenvalue weighted by molar-refractivity contribution is 0.346. The van der Waals surface area contributed by atoms with E-state index in [4.69, 9.17) is 9.47 Å². The van der Waals surface area contributed by atoms with Crippen LogP contribution in [0.3, 0.4) is 0 Å². The van der Waals surface area contributed by atoms with E-state index in [1.807, 2.05) is 6.07 Å². The molecule has 19 heavy (non-hydrogen) atoms. The molecule has 0 bridgehead atoms. The van der Waals surface area contributed by atoms with E-state index in [2.05, 4.69) is 9.97 Å². The van der Waals surface area contributed by atoms with Crippen LogP contribution in [0.25, 0.3) is 0 Å². The van der Waals surface area contributed by atoms with Gasteiger partial charge in [0, 0.05) is 23.5 Å². The molecule has 2 rings (SSSR count). The minimum absolute atomic E-state index is 0.171. The van der Waals surface area contributed by atoms with Gasteiger partial charge in [-0.25, -0.2) is 9.97 Å². The van der Waals surface area contributed by atoms with Gasteiger partial charge in [0.05, 0.1) is 20.8 Å². The second-order valence-electron chi connectivity index (χ2n) is 3.98. The molecule has 0 aromatic carbocycles. The van der Waals surface area contributed by atoms with Crippen molar-refractivity contribution in [3.63, 3.8) is 0 Å². The molecule has 0 spiro atoms. The number of methoxy groups -OCH3 is 2. The van der Waals surface area contributed by atoms with Crippen molar-refractivity contribution in [1.82, 2.24) is 14.5 Å². The molecule has 0 aliphatic heterocycles. The van der Waals surface area contributed by atoms with Crippen molar-refractivity contribution in [3.8, 4) is 11.9 Å². The third-order valence-corrected chi connectivity index (χ3v) is 2.66. The molecule has 0 atom stereocenters. The first-order valence-corrected chi connectivity index (χ1v) is 5.76. The van der Waals surface area contributed by atoms with E-state index in [1.54, 1.807) is 26.3 Å². The highest BCUT2D eigenvalue weighted by atomic mass is 16.5. The SMILES string of the molecule is COc1ncccc1Cn1c(OC)nc(C)cc1=O. The van der Waals surface area contributed by atoms with Gasteiger partial charge in [0.1, 0.15) is 0 Å². The lowest BCUT2D eigenvalue weighted by atomic mass is 10.2. The van der Waals surface area contributed by atoms with Crippen molar-refractivity contribution < 1.29 is 9.47 Å². The first-order valence-electron chi connectivity index (χ1n) is 5.76. The third-order valence-electron chi connectivity index (χ3n) is 2.66. The van der Waals surface area contributed by atoms with Gasteiger partial charge in [0.25, 0.3) is 11.6 Å². The van der Waals surface area contributed by atoms with Crippen LogP contribution < -0.4 is 15.0 Å². The first-order chi connectivity index (χ1) is 9.15. The summed E-state index contributed by atoms with van der Waals surface area (Å²) in [5.41, 5.74) is 1.24. The van der Waals surface area contributed by atoms with E-state index in [0.29, 0.717) is 18.1 Å². The van der Waals surface area contributed by atoms with Crippen LogP contribution in [-0.2, 0) is 6.54 Å². The summed E-state index contributed by atoms with van der Waals surface area (Å²) < 4.78 is 11.7. The van der Waals surface area contributed by atoms with Crippen LogP contribution >= 0.6 is 0 Å². The minimum Gasteiger partial charge on any atom is -0.481 e. The fourth-order valence-corrected chi connectivity index (χ4v) is 1.79. The average Bonchev–Trinajstić information content (AvgIpc) is 2.42. The standard InChI is InChI=1S/C13H15N3O3/c1-9-7-11(17)16(13(15-9)19-3)8-10-5-4-6-14-12(10)18-2/h4-7H,8H2,1-3H3. The zero-order chi connectivity index (χ0) is 13.8. The smallest absolute Gasteiger partial charge is 0.299 e. The van der Waals surface area contributed by atoms with Gasteiger partial charge < -0.3 is 9.47 Å². The summed E-state index contributed by atoms with van der Waals surface area (Å²) in [5.74, 6) is 0.483. The van der Waals surface area contributed by atoms with Crippen molar-refractivity contribution in [3.05, 3.63) is 46.0 Å². The second kappa shape index (κ2) is 5.51. The Hall–Kier alpha value is -2.37. The third kappa shape index (κ3) is 2.73. The highest BCUT2D eigenvalue weighted by molar-refractivity contribution is 5.26. The van der Waals surface area contributed by atoms with Crippen molar-refractivity contribution in [1.29, 1.82) is 0 Å². The van der Waals surface area contributed by atoms with Crippen LogP contribution in [0.1, 0.15) is 11.3 Å². The summed E-state index contributed by atoms with van der Waals surface area (Å²) >= 11 is 0. The first kappa shape index (κ1) is 13.1. The molecule has 0 aliphatic carbocycles.